The first-order valence-electron chi connectivity index (χ1n) is 7.15. The van der Waals surface area contributed by atoms with Crippen LogP contribution < -0.4 is 10.1 Å². The van der Waals surface area contributed by atoms with Crippen LogP contribution in [-0.4, -0.2) is 13.7 Å². The van der Waals surface area contributed by atoms with Crippen LogP contribution in [0.1, 0.15) is 51.6 Å². The van der Waals surface area contributed by atoms with Gasteiger partial charge in [-0.15, -0.1) is 0 Å². The van der Waals surface area contributed by atoms with Gasteiger partial charge >= 0.3 is 0 Å². The molecular weight excluding hydrogens is 258 g/mol. The number of hydrogen-bond acceptors (Lipinski definition) is 2. The van der Waals surface area contributed by atoms with Crippen LogP contribution in [0.3, 0.4) is 0 Å². The number of hydrogen-bond donors (Lipinski definition) is 1. The van der Waals surface area contributed by atoms with Gasteiger partial charge < -0.3 is 10.1 Å². The molecule has 1 atom stereocenters. The lowest BCUT2D eigenvalue weighted by molar-refractivity contribution is 0.386. The van der Waals surface area contributed by atoms with Crippen molar-refractivity contribution in [3.05, 3.63) is 28.8 Å². The second kappa shape index (κ2) is 8.44. The average molecular weight is 284 g/mol. The minimum atomic E-state index is 0.342. The number of rotatable bonds is 8. The molecule has 1 aromatic carbocycles. The molecule has 2 nitrogen and oxygen atoms in total. The van der Waals surface area contributed by atoms with Crippen molar-refractivity contribution in [1.29, 1.82) is 0 Å². The summed E-state index contributed by atoms with van der Waals surface area (Å²) in [5.74, 6) is 1.59. The number of benzene rings is 1. The zero-order valence-electron chi connectivity index (χ0n) is 12.5. The van der Waals surface area contributed by atoms with E-state index >= 15 is 0 Å². The number of ether oxygens (including phenoxy) is 1. The van der Waals surface area contributed by atoms with E-state index in [1.54, 1.807) is 7.11 Å². The fourth-order valence-electron chi connectivity index (χ4n) is 2.16. The van der Waals surface area contributed by atoms with Crippen molar-refractivity contribution in [3.63, 3.8) is 0 Å². The summed E-state index contributed by atoms with van der Waals surface area (Å²) in [6.07, 6.45) is 3.46. The van der Waals surface area contributed by atoms with E-state index < -0.39 is 0 Å². The third kappa shape index (κ3) is 5.42. The van der Waals surface area contributed by atoms with Crippen molar-refractivity contribution >= 4 is 11.6 Å². The Hall–Kier alpha value is -0.730. The Morgan fingerprint density at radius 2 is 2.00 bits per heavy atom. The van der Waals surface area contributed by atoms with Crippen molar-refractivity contribution in [1.82, 2.24) is 5.32 Å². The van der Waals surface area contributed by atoms with Gasteiger partial charge in [0.05, 0.1) is 7.11 Å². The standard InChI is InChI=1S/C16H26ClNO/c1-5-10-18-15(9-6-12(2)3)14-8-7-13(17)11-16(14)19-4/h7-8,11-12,15,18H,5-6,9-10H2,1-4H3. The minimum Gasteiger partial charge on any atom is -0.496 e. The van der Waals surface area contributed by atoms with Crippen molar-refractivity contribution in [2.75, 3.05) is 13.7 Å². The van der Waals surface area contributed by atoms with Gasteiger partial charge in [-0.3, -0.25) is 0 Å². The predicted octanol–water partition coefficient (Wildman–Crippen LogP) is 4.83. The molecular formula is C16H26ClNO. The van der Waals surface area contributed by atoms with Crippen molar-refractivity contribution < 1.29 is 4.74 Å². The van der Waals surface area contributed by atoms with E-state index in [1.807, 2.05) is 12.1 Å². The topological polar surface area (TPSA) is 21.3 Å². The Kier molecular flexibility index (Phi) is 7.25. The molecule has 0 aliphatic rings. The van der Waals surface area contributed by atoms with Gasteiger partial charge in [-0.1, -0.05) is 38.4 Å². The first-order chi connectivity index (χ1) is 9.08. The molecule has 108 valence electrons. The molecule has 0 fully saturated rings. The van der Waals surface area contributed by atoms with Crippen molar-refractivity contribution in [2.45, 2.75) is 46.1 Å². The van der Waals surface area contributed by atoms with Crippen LogP contribution in [0.25, 0.3) is 0 Å². The Bertz CT molecular complexity index is 379. The van der Waals surface area contributed by atoms with Crippen molar-refractivity contribution in [2.24, 2.45) is 5.92 Å². The molecule has 0 spiro atoms. The van der Waals surface area contributed by atoms with E-state index in [9.17, 15) is 0 Å². The highest BCUT2D eigenvalue weighted by atomic mass is 35.5. The van der Waals surface area contributed by atoms with E-state index in [0.29, 0.717) is 12.0 Å². The number of halogens is 1. The minimum absolute atomic E-state index is 0.342. The molecule has 0 amide bonds. The second-order valence-corrected chi connectivity index (χ2v) is 5.80. The van der Waals surface area contributed by atoms with Gasteiger partial charge in [-0.2, -0.15) is 0 Å². The Morgan fingerprint density at radius 3 is 2.58 bits per heavy atom. The molecule has 0 aliphatic carbocycles. The predicted molar refractivity (Wildman–Crippen MR) is 83.1 cm³/mol. The lowest BCUT2D eigenvalue weighted by Gasteiger charge is -2.22. The quantitative estimate of drug-likeness (QED) is 0.738. The summed E-state index contributed by atoms with van der Waals surface area (Å²) in [5, 5.41) is 4.33. The number of nitrogens with one attached hydrogen (secondary N) is 1. The van der Waals surface area contributed by atoms with Crippen LogP contribution in [0.2, 0.25) is 5.02 Å². The molecule has 1 unspecified atom stereocenters. The molecule has 19 heavy (non-hydrogen) atoms. The lowest BCUT2D eigenvalue weighted by atomic mass is 9.96. The largest absolute Gasteiger partial charge is 0.496 e. The van der Waals surface area contributed by atoms with E-state index in [2.05, 4.69) is 32.2 Å². The molecule has 0 saturated heterocycles. The van der Waals surface area contributed by atoms with E-state index in [0.717, 1.165) is 30.2 Å². The van der Waals surface area contributed by atoms with Crippen LogP contribution in [0.5, 0.6) is 5.75 Å². The summed E-state index contributed by atoms with van der Waals surface area (Å²) in [7, 11) is 1.70. The summed E-state index contributed by atoms with van der Waals surface area (Å²) in [4.78, 5) is 0. The smallest absolute Gasteiger partial charge is 0.125 e. The molecule has 1 aromatic rings. The summed E-state index contributed by atoms with van der Waals surface area (Å²) in [6.45, 7) is 7.73. The normalized spacial score (nSPS) is 12.7. The second-order valence-electron chi connectivity index (χ2n) is 5.36. The monoisotopic (exact) mass is 283 g/mol. The fraction of sp³-hybridized carbons (Fsp3) is 0.625. The molecule has 0 aromatic heterocycles. The molecule has 3 heteroatoms. The molecule has 1 rings (SSSR count). The third-order valence-electron chi connectivity index (χ3n) is 3.24. The highest BCUT2D eigenvalue weighted by Crippen LogP contribution is 2.31. The van der Waals surface area contributed by atoms with Gasteiger partial charge in [0.2, 0.25) is 0 Å². The zero-order chi connectivity index (χ0) is 14.3. The molecule has 0 saturated carbocycles. The van der Waals surface area contributed by atoms with E-state index in [4.69, 9.17) is 16.3 Å². The summed E-state index contributed by atoms with van der Waals surface area (Å²) >= 11 is 6.03. The SMILES string of the molecule is CCCNC(CCC(C)C)c1ccc(Cl)cc1OC. The maximum absolute atomic E-state index is 6.03. The first kappa shape index (κ1) is 16.3. The van der Waals surface area contributed by atoms with Gasteiger partial charge in [0.15, 0.2) is 0 Å². The fourth-order valence-corrected chi connectivity index (χ4v) is 2.32. The van der Waals surface area contributed by atoms with Crippen molar-refractivity contribution in [3.8, 4) is 5.75 Å². The summed E-state index contributed by atoms with van der Waals surface area (Å²) in [6, 6.07) is 6.26. The maximum atomic E-state index is 6.03. The average Bonchev–Trinajstić information content (AvgIpc) is 2.39. The Balaban J connectivity index is 2.88. The number of methoxy groups -OCH3 is 1. The van der Waals surface area contributed by atoms with Gasteiger partial charge in [-0.05, 0) is 43.9 Å². The molecule has 0 heterocycles. The molecule has 0 aliphatic heterocycles. The summed E-state index contributed by atoms with van der Waals surface area (Å²) in [5.41, 5.74) is 1.21. The van der Waals surface area contributed by atoms with Crippen LogP contribution in [0.15, 0.2) is 18.2 Å². The van der Waals surface area contributed by atoms with Crippen LogP contribution in [0.4, 0.5) is 0 Å². The zero-order valence-corrected chi connectivity index (χ0v) is 13.3. The van der Waals surface area contributed by atoms with Crippen LogP contribution >= 0.6 is 11.6 Å². The highest BCUT2D eigenvalue weighted by Gasteiger charge is 2.16. The first-order valence-corrected chi connectivity index (χ1v) is 7.53. The Labute approximate surface area is 122 Å². The van der Waals surface area contributed by atoms with Gasteiger partial charge in [0, 0.05) is 16.6 Å². The van der Waals surface area contributed by atoms with Gasteiger partial charge in [0.1, 0.15) is 5.75 Å². The third-order valence-corrected chi connectivity index (χ3v) is 3.48. The molecule has 1 N–H and O–H groups in total. The van der Waals surface area contributed by atoms with Gasteiger partial charge in [-0.25, -0.2) is 0 Å². The van der Waals surface area contributed by atoms with Crippen LogP contribution in [-0.2, 0) is 0 Å². The maximum Gasteiger partial charge on any atom is 0.125 e. The van der Waals surface area contributed by atoms with E-state index in [-0.39, 0.29) is 0 Å². The summed E-state index contributed by atoms with van der Waals surface area (Å²) < 4.78 is 5.47. The highest BCUT2D eigenvalue weighted by molar-refractivity contribution is 6.30. The lowest BCUT2D eigenvalue weighted by Crippen LogP contribution is -2.23. The Morgan fingerprint density at radius 1 is 1.26 bits per heavy atom. The van der Waals surface area contributed by atoms with Crippen LogP contribution in [0, 0.1) is 5.92 Å². The molecule has 0 bridgehead atoms. The van der Waals surface area contributed by atoms with E-state index in [1.165, 1.54) is 12.0 Å². The molecule has 0 radical (unpaired) electrons. The van der Waals surface area contributed by atoms with Gasteiger partial charge in [0.25, 0.3) is 0 Å².